The molecule has 0 aromatic carbocycles. The third kappa shape index (κ3) is 3.14. The van der Waals surface area contributed by atoms with Gasteiger partial charge in [0.15, 0.2) is 5.76 Å². The van der Waals surface area contributed by atoms with Crippen LogP contribution in [0.1, 0.15) is 17.1 Å². The first-order chi connectivity index (χ1) is 8.67. The first kappa shape index (κ1) is 12.2. The Morgan fingerprint density at radius 3 is 3.06 bits per heavy atom. The quantitative estimate of drug-likeness (QED) is 0.729. The molecule has 8 nitrogen and oxygen atoms in total. The van der Waals surface area contributed by atoms with E-state index in [1.54, 1.807) is 12.3 Å². The molecule has 2 aromatic heterocycles. The summed E-state index contributed by atoms with van der Waals surface area (Å²) in [5.41, 5.74) is 6.82. The van der Waals surface area contributed by atoms with Gasteiger partial charge in [-0.05, 0) is 6.92 Å². The summed E-state index contributed by atoms with van der Waals surface area (Å²) in [6.45, 7) is 2.52. The van der Waals surface area contributed by atoms with Crippen molar-refractivity contribution < 1.29 is 9.32 Å². The summed E-state index contributed by atoms with van der Waals surface area (Å²) < 4.78 is 6.40. The summed E-state index contributed by atoms with van der Waals surface area (Å²) >= 11 is 0. The van der Waals surface area contributed by atoms with Gasteiger partial charge in [0, 0.05) is 12.6 Å². The zero-order chi connectivity index (χ0) is 13.0. The minimum absolute atomic E-state index is 0.0973. The molecular weight excluding hydrogens is 236 g/mol. The molecule has 8 heteroatoms. The Hall–Kier alpha value is -2.22. The fourth-order valence-corrected chi connectivity index (χ4v) is 1.40. The summed E-state index contributed by atoms with van der Waals surface area (Å²) in [6, 6.07) is 1.77. The average Bonchev–Trinajstić information content (AvgIpc) is 2.95. The molecule has 0 aliphatic heterocycles. The Labute approximate surface area is 103 Å². The lowest BCUT2D eigenvalue weighted by Gasteiger charge is -2.01. The van der Waals surface area contributed by atoms with Gasteiger partial charge in [0.1, 0.15) is 6.54 Å². The monoisotopic (exact) mass is 250 g/mol. The molecule has 2 rings (SSSR count). The van der Waals surface area contributed by atoms with E-state index >= 15 is 0 Å². The van der Waals surface area contributed by atoms with Crippen molar-refractivity contribution in [2.45, 2.75) is 26.6 Å². The number of aryl methyl sites for hydroxylation is 1. The first-order valence-electron chi connectivity index (χ1n) is 5.45. The van der Waals surface area contributed by atoms with Crippen molar-refractivity contribution in [1.82, 2.24) is 25.5 Å². The highest BCUT2D eigenvalue weighted by molar-refractivity contribution is 5.75. The zero-order valence-corrected chi connectivity index (χ0v) is 9.96. The normalized spacial score (nSPS) is 10.6. The summed E-state index contributed by atoms with van der Waals surface area (Å²) in [4.78, 5) is 11.6. The maximum atomic E-state index is 11.6. The minimum atomic E-state index is -0.183. The summed E-state index contributed by atoms with van der Waals surface area (Å²) in [5.74, 6) is 0.430. The molecule has 2 aromatic rings. The Balaban J connectivity index is 1.81. The van der Waals surface area contributed by atoms with Crippen LogP contribution in [0.15, 0.2) is 16.8 Å². The molecule has 0 aliphatic carbocycles. The third-order valence-corrected chi connectivity index (χ3v) is 2.24. The van der Waals surface area contributed by atoms with Gasteiger partial charge >= 0.3 is 0 Å². The predicted molar refractivity (Wildman–Crippen MR) is 61.0 cm³/mol. The highest BCUT2D eigenvalue weighted by atomic mass is 16.5. The lowest BCUT2D eigenvalue weighted by atomic mass is 10.4. The van der Waals surface area contributed by atoms with Crippen LogP contribution >= 0.6 is 0 Å². The van der Waals surface area contributed by atoms with E-state index in [2.05, 4.69) is 20.8 Å². The lowest BCUT2D eigenvalue weighted by molar-refractivity contribution is -0.122. The topological polar surface area (TPSA) is 112 Å². The van der Waals surface area contributed by atoms with Gasteiger partial charge in [0.05, 0.1) is 24.1 Å². The average molecular weight is 250 g/mol. The van der Waals surface area contributed by atoms with Gasteiger partial charge in [-0.2, -0.15) is 0 Å². The van der Waals surface area contributed by atoms with E-state index in [0.717, 1.165) is 5.69 Å². The van der Waals surface area contributed by atoms with Crippen LogP contribution in [0.5, 0.6) is 0 Å². The van der Waals surface area contributed by atoms with Crippen molar-refractivity contribution >= 4 is 5.91 Å². The molecule has 0 bridgehead atoms. The maximum Gasteiger partial charge on any atom is 0.242 e. The Morgan fingerprint density at radius 1 is 1.61 bits per heavy atom. The summed E-state index contributed by atoms with van der Waals surface area (Å²) in [7, 11) is 0. The summed E-state index contributed by atoms with van der Waals surface area (Å²) in [6.07, 6.45) is 1.64. The van der Waals surface area contributed by atoms with Crippen molar-refractivity contribution in [2.75, 3.05) is 0 Å². The minimum Gasteiger partial charge on any atom is -0.359 e. The highest BCUT2D eigenvalue weighted by Gasteiger charge is 2.07. The fourth-order valence-electron chi connectivity index (χ4n) is 1.40. The number of carbonyl (C=O) groups is 1. The van der Waals surface area contributed by atoms with Gasteiger partial charge in [-0.25, -0.2) is 4.68 Å². The molecule has 0 unspecified atom stereocenters. The number of rotatable bonds is 5. The number of hydrogen-bond acceptors (Lipinski definition) is 6. The molecule has 0 saturated carbocycles. The second-order valence-electron chi connectivity index (χ2n) is 3.82. The van der Waals surface area contributed by atoms with E-state index in [4.69, 9.17) is 10.3 Å². The number of carbonyl (C=O) groups excluding carboxylic acids is 1. The molecule has 3 N–H and O–H groups in total. The largest absolute Gasteiger partial charge is 0.359 e. The van der Waals surface area contributed by atoms with Gasteiger partial charge in [-0.15, -0.1) is 5.10 Å². The number of nitrogens with two attached hydrogens (primary N) is 1. The molecule has 96 valence electrons. The van der Waals surface area contributed by atoms with E-state index in [9.17, 15) is 4.79 Å². The number of nitrogens with zero attached hydrogens (tertiary/aromatic N) is 4. The molecule has 18 heavy (non-hydrogen) atoms. The standard InChI is InChI=1S/C10H14N6O2/c1-7-2-9(18-14-7)4-12-10(17)6-16-5-8(3-11)13-15-16/h2,5H,3-4,6,11H2,1H3,(H,12,17). The van der Waals surface area contributed by atoms with E-state index in [1.807, 2.05) is 6.92 Å². The van der Waals surface area contributed by atoms with Crippen LogP contribution in [0.4, 0.5) is 0 Å². The lowest BCUT2D eigenvalue weighted by Crippen LogP contribution is -2.27. The first-order valence-corrected chi connectivity index (χ1v) is 5.45. The van der Waals surface area contributed by atoms with Crippen LogP contribution in [0, 0.1) is 6.92 Å². The van der Waals surface area contributed by atoms with Gasteiger partial charge in [0.2, 0.25) is 5.91 Å². The molecule has 0 atom stereocenters. The van der Waals surface area contributed by atoms with Crippen molar-refractivity contribution in [2.24, 2.45) is 5.73 Å². The molecule has 0 saturated heterocycles. The van der Waals surface area contributed by atoms with Crippen molar-refractivity contribution in [3.8, 4) is 0 Å². The Bertz CT molecular complexity index is 532. The van der Waals surface area contributed by atoms with Crippen LogP contribution in [0.2, 0.25) is 0 Å². The smallest absolute Gasteiger partial charge is 0.242 e. The van der Waals surface area contributed by atoms with E-state index in [1.165, 1.54) is 4.68 Å². The van der Waals surface area contributed by atoms with E-state index in [-0.39, 0.29) is 12.5 Å². The molecular formula is C10H14N6O2. The van der Waals surface area contributed by atoms with Crippen LogP contribution in [0.3, 0.4) is 0 Å². The Morgan fingerprint density at radius 2 is 2.44 bits per heavy atom. The van der Waals surface area contributed by atoms with Gasteiger partial charge < -0.3 is 15.6 Å². The number of hydrogen-bond donors (Lipinski definition) is 2. The van der Waals surface area contributed by atoms with Crippen molar-refractivity contribution in [3.05, 3.63) is 29.4 Å². The molecule has 0 radical (unpaired) electrons. The SMILES string of the molecule is Cc1cc(CNC(=O)Cn2cc(CN)nn2)on1. The second kappa shape index (κ2) is 5.41. The van der Waals surface area contributed by atoms with E-state index in [0.29, 0.717) is 24.5 Å². The maximum absolute atomic E-state index is 11.6. The van der Waals surface area contributed by atoms with Crippen molar-refractivity contribution in [1.29, 1.82) is 0 Å². The second-order valence-corrected chi connectivity index (χ2v) is 3.82. The van der Waals surface area contributed by atoms with Gasteiger partial charge in [-0.1, -0.05) is 10.4 Å². The van der Waals surface area contributed by atoms with Crippen LogP contribution in [0.25, 0.3) is 0 Å². The number of nitrogens with one attached hydrogen (secondary N) is 1. The molecule has 0 spiro atoms. The van der Waals surface area contributed by atoms with Crippen molar-refractivity contribution in [3.63, 3.8) is 0 Å². The van der Waals surface area contributed by atoms with Gasteiger partial charge in [-0.3, -0.25) is 4.79 Å². The zero-order valence-electron chi connectivity index (χ0n) is 9.96. The third-order valence-electron chi connectivity index (χ3n) is 2.24. The van der Waals surface area contributed by atoms with Gasteiger partial charge in [0.25, 0.3) is 0 Å². The highest BCUT2D eigenvalue weighted by Crippen LogP contribution is 2.01. The fraction of sp³-hybridized carbons (Fsp3) is 0.400. The number of aromatic nitrogens is 4. The number of amides is 1. The van der Waals surface area contributed by atoms with E-state index < -0.39 is 0 Å². The van der Waals surface area contributed by atoms with Crippen LogP contribution in [-0.2, 0) is 24.4 Å². The molecule has 0 fully saturated rings. The molecule has 2 heterocycles. The molecule has 0 aliphatic rings. The predicted octanol–water partition coefficient (Wildman–Crippen LogP) is -0.650. The molecule has 1 amide bonds. The van der Waals surface area contributed by atoms with Crippen LogP contribution < -0.4 is 11.1 Å². The van der Waals surface area contributed by atoms with Crippen LogP contribution in [-0.4, -0.2) is 26.1 Å². The Kier molecular flexibility index (Phi) is 3.68. The summed E-state index contributed by atoms with van der Waals surface area (Å²) in [5, 5.41) is 14.0.